The number of carbonyl (C=O) groups excluding carboxylic acids is 2. The van der Waals surface area contributed by atoms with Gasteiger partial charge in [0, 0.05) is 25.2 Å². The van der Waals surface area contributed by atoms with Gasteiger partial charge < -0.3 is 18.9 Å². The molecule has 0 fully saturated rings. The summed E-state index contributed by atoms with van der Waals surface area (Å²) in [5, 5.41) is 0.915. The van der Waals surface area contributed by atoms with Crippen LogP contribution >= 0.6 is 34.8 Å². The van der Waals surface area contributed by atoms with Crippen molar-refractivity contribution < 1.29 is 28.5 Å². The molecule has 0 saturated carbocycles. The van der Waals surface area contributed by atoms with Crippen LogP contribution in [-0.2, 0) is 24.5 Å². The second kappa shape index (κ2) is 13.2. The normalized spacial score (nSPS) is 13.0. The molecule has 2 aromatic rings. The maximum absolute atomic E-state index is 11.1. The Bertz CT molecular complexity index is 1020. The highest BCUT2D eigenvalue weighted by atomic mass is 35.5. The number of hydrogen-bond donors (Lipinski definition) is 0. The first-order valence-electron chi connectivity index (χ1n) is 11.2. The largest absolute Gasteiger partial charge is 0.492 e. The zero-order valence-electron chi connectivity index (χ0n) is 20.5. The van der Waals surface area contributed by atoms with Crippen molar-refractivity contribution >= 4 is 46.7 Å². The third kappa shape index (κ3) is 8.78. The SMILES string of the molecule is CC(=O)OC[C@@H](C)COc1ccc(C(C)(C)c2ccc(OC[C@H](CCl)OC(C)=O)c(Cl)c2)cc1Cl. The van der Waals surface area contributed by atoms with E-state index in [4.69, 9.17) is 53.8 Å². The van der Waals surface area contributed by atoms with Crippen molar-refractivity contribution in [2.45, 2.75) is 46.1 Å². The summed E-state index contributed by atoms with van der Waals surface area (Å²) in [5.41, 5.74) is 1.52. The Morgan fingerprint density at radius 3 is 1.80 bits per heavy atom. The van der Waals surface area contributed by atoms with E-state index >= 15 is 0 Å². The summed E-state index contributed by atoms with van der Waals surface area (Å²) < 4.78 is 21.6. The van der Waals surface area contributed by atoms with Crippen LogP contribution in [0.4, 0.5) is 0 Å². The smallest absolute Gasteiger partial charge is 0.303 e. The number of carbonyl (C=O) groups is 2. The summed E-state index contributed by atoms with van der Waals surface area (Å²) in [6, 6.07) is 11.2. The molecule has 9 heteroatoms. The van der Waals surface area contributed by atoms with Gasteiger partial charge in [-0.05, 0) is 35.4 Å². The van der Waals surface area contributed by atoms with Gasteiger partial charge in [-0.1, -0.05) is 56.1 Å². The molecule has 0 N–H and O–H groups in total. The first-order valence-corrected chi connectivity index (χ1v) is 12.4. The Morgan fingerprint density at radius 1 is 0.857 bits per heavy atom. The van der Waals surface area contributed by atoms with Crippen molar-refractivity contribution in [1.82, 2.24) is 0 Å². The molecule has 0 spiro atoms. The second-order valence-electron chi connectivity index (χ2n) is 8.83. The first-order chi connectivity index (χ1) is 16.4. The van der Waals surface area contributed by atoms with Gasteiger partial charge in [0.15, 0.2) is 0 Å². The molecule has 0 amide bonds. The van der Waals surface area contributed by atoms with E-state index in [-0.39, 0.29) is 31.0 Å². The number of alkyl halides is 1. The van der Waals surface area contributed by atoms with Crippen LogP contribution in [0, 0.1) is 5.92 Å². The Morgan fingerprint density at radius 2 is 1.37 bits per heavy atom. The third-order valence-electron chi connectivity index (χ3n) is 5.33. The number of ether oxygens (including phenoxy) is 4. The molecule has 0 aliphatic rings. The van der Waals surface area contributed by atoms with E-state index in [1.165, 1.54) is 13.8 Å². The molecule has 0 radical (unpaired) electrons. The number of halogens is 3. The van der Waals surface area contributed by atoms with Crippen molar-refractivity contribution in [2.75, 3.05) is 25.7 Å². The summed E-state index contributed by atoms with van der Waals surface area (Å²) in [6.07, 6.45) is -0.561. The second-order valence-corrected chi connectivity index (χ2v) is 9.95. The lowest BCUT2D eigenvalue weighted by atomic mass is 9.78. The van der Waals surface area contributed by atoms with E-state index in [0.29, 0.717) is 28.2 Å². The first kappa shape index (κ1) is 29.1. The number of benzene rings is 2. The predicted molar refractivity (Wildman–Crippen MR) is 138 cm³/mol. The molecule has 0 aliphatic heterocycles. The maximum atomic E-state index is 11.1. The van der Waals surface area contributed by atoms with Gasteiger partial charge in [0.2, 0.25) is 0 Å². The summed E-state index contributed by atoms with van der Waals surface area (Å²) in [7, 11) is 0. The molecule has 0 bridgehead atoms. The van der Waals surface area contributed by atoms with Crippen LogP contribution in [0.3, 0.4) is 0 Å². The fourth-order valence-electron chi connectivity index (χ4n) is 3.25. The van der Waals surface area contributed by atoms with E-state index < -0.39 is 17.5 Å². The number of rotatable bonds is 12. The van der Waals surface area contributed by atoms with Crippen molar-refractivity contribution in [3.8, 4) is 11.5 Å². The third-order valence-corrected chi connectivity index (χ3v) is 6.27. The predicted octanol–water partition coefficient (Wildman–Crippen LogP) is 6.45. The van der Waals surface area contributed by atoms with Crippen molar-refractivity contribution in [3.63, 3.8) is 0 Å². The molecule has 0 unspecified atom stereocenters. The maximum Gasteiger partial charge on any atom is 0.303 e. The minimum atomic E-state index is -0.561. The fraction of sp³-hybridized carbons (Fsp3) is 0.462. The van der Waals surface area contributed by atoms with Crippen LogP contribution in [-0.4, -0.2) is 43.7 Å². The van der Waals surface area contributed by atoms with Crippen LogP contribution in [0.1, 0.15) is 45.7 Å². The quantitative estimate of drug-likeness (QED) is 0.226. The lowest BCUT2D eigenvalue weighted by Gasteiger charge is -2.27. The molecule has 6 nitrogen and oxygen atoms in total. The standard InChI is InChI=1S/C26H31Cl3O6/c1-16(13-32-17(2)30)14-33-24-8-6-19(10-22(24)28)26(4,5)20-7-9-25(23(29)11-20)34-15-21(12-27)35-18(3)31/h6-11,16,21H,12-15H2,1-5H3/t16-,21+/m1/s1. The van der Waals surface area contributed by atoms with Gasteiger partial charge >= 0.3 is 11.9 Å². The zero-order chi connectivity index (χ0) is 26.2. The van der Waals surface area contributed by atoms with Crippen LogP contribution in [0.5, 0.6) is 11.5 Å². The van der Waals surface area contributed by atoms with E-state index in [9.17, 15) is 9.59 Å². The average Bonchev–Trinajstić information content (AvgIpc) is 2.79. The molecular formula is C26H31Cl3O6. The topological polar surface area (TPSA) is 71.1 Å². The highest BCUT2D eigenvalue weighted by Crippen LogP contribution is 2.38. The summed E-state index contributed by atoms with van der Waals surface area (Å²) in [4.78, 5) is 22.1. The Labute approximate surface area is 221 Å². The molecule has 2 rings (SSSR count). The molecule has 0 saturated heterocycles. The Hall–Kier alpha value is -2.15. The molecule has 0 heterocycles. The molecule has 35 heavy (non-hydrogen) atoms. The summed E-state index contributed by atoms with van der Waals surface area (Å²) in [5.74, 6) is 0.440. The minimum absolute atomic E-state index is 0.0303. The average molecular weight is 546 g/mol. The zero-order valence-corrected chi connectivity index (χ0v) is 22.8. The van der Waals surface area contributed by atoms with Crippen LogP contribution < -0.4 is 9.47 Å². The monoisotopic (exact) mass is 544 g/mol. The fourth-order valence-corrected chi connectivity index (χ4v) is 3.87. The van der Waals surface area contributed by atoms with E-state index in [0.717, 1.165) is 11.1 Å². The lowest BCUT2D eigenvalue weighted by Crippen LogP contribution is -2.25. The van der Waals surface area contributed by atoms with Gasteiger partial charge in [-0.3, -0.25) is 9.59 Å². The lowest BCUT2D eigenvalue weighted by molar-refractivity contribution is -0.146. The van der Waals surface area contributed by atoms with Crippen LogP contribution in [0.2, 0.25) is 10.0 Å². The van der Waals surface area contributed by atoms with Crippen LogP contribution in [0.25, 0.3) is 0 Å². The van der Waals surface area contributed by atoms with Gasteiger partial charge in [-0.25, -0.2) is 0 Å². The van der Waals surface area contributed by atoms with Crippen molar-refractivity contribution in [1.29, 1.82) is 0 Å². The summed E-state index contributed by atoms with van der Waals surface area (Å²) in [6.45, 7) is 9.51. The highest BCUT2D eigenvalue weighted by molar-refractivity contribution is 6.32. The molecule has 192 valence electrons. The number of hydrogen-bond acceptors (Lipinski definition) is 6. The van der Waals surface area contributed by atoms with Gasteiger partial charge in [0.25, 0.3) is 0 Å². The van der Waals surface area contributed by atoms with Crippen LogP contribution in [0.15, 0.2) is 36.4 Å². The van der Waals surface area contributed by atoms with Gasteiger partial charge in [0.1, 0.15) is 24.2 Å². The molecule has 0 aliphatic carbocycles. The van der Waals surface area contributed by atoms with Crippen molar-refractivity contribution in [2.24, 2.45) is 5.92 Å². The Balaban J connectivity index is 2.09. The molecule has 0 aromatic heterocycles. The van der Waals surface area contributed by atoms with Gasteiger partial charge in [-0.15, -0.1) is 11.6 Å². The highest BCUT2D eigenvalue weighted by Gasteiger charge is 2.25. The molecule has 2 atom stereocenters. The van der Waals surface area contributed by atoms with Crippen molar-refractivity contribution in [3.05, 3.63) is 57.6 Å². The van der Waals surface area contributed by atoms with E-state index in [2.05, 4.69) is 13.8 Å². The van der Waals surface area contributed by atoms with Gasteiger partial charge in [0.05, 0.1) is 29.1 Å². The molecule has 2 aromatic carbocycles. The Kier molecular flexibility index (Phi) is 11.0. The summed E-state index contributed by atoms with van der Waals surface area (Å²) >= 11 is 18.8. The van der Waals surface area contributed by atoms with Gasteiger partial charge in [-0.2, -0.15) is 0 Å². The number of esters is 2. The molecular weight excluding hydrogens is 515 g/mol. The van der Waals surface area contributed by atoms with E-state index in [1.807, 2.05) is 37.3 Å². The van der Waals surface area contributed by atoms with E-state index in [1.54, 1.807) is 6.07 Å². The minimum Gasteiger partial charge on any atom is -0.492 e.